The Morgan fingerprint density at radius 1 is 1.10 bits per heavy atom. The Balaban J connectivity index is 1.56. The summed E-state index contributed by atoms with van der Waals surface area (Å²) in [7, 11) is 0. The fourth-order valence-electron chi connectivity index (χ4n) is 3.75. The maximum atomic E-state index is 12.8. The fraction of sp³-hybridized carbons (Fsp3) is 0.417. The number of carbonyl (C=O) groups excluding carboxylic acids is 3. The van der Waals surface area contributed by atoms with Crippen LogP contribution in [0.2, 0.25) is 0 Å². The average Bonchev–Trinajstić information content (AvgIpc) is 2.84. The summed E-state index contributed by atoms with van der Waals surface area (Å²) < 4.78 is 0. The second-order valence-electron chi connectivity index (χ2n) is 7.79. The van der Waals surface area contributed by atoms with Gasteiger partial charge in [-0.25, -0.2) is 0 Å². The summed E-state index contributed by atoms with van der Waals surface area (Å²) in [5, 5.41) is 5.91. The van der Waals surface area contributed by atoms with E-state index in [1.54, 1.807) is 23.2 Å². The van der Waals surface area contributed by atoms with E-state index in [2.05, 4.69) is 15.6 Å². The van der Waals surface area contributed by atoms with Gasteiger partial charge in [0.15, 0.2) is 0 Å². The fourth-order valence-corrected chi connectivity index (χ4v) is 3.75. The minimum Gasteiger partial charge on any atom is -0.356 e. The molecule has 7 heteroatoms. The van der Waals surface area contributed by atoms with Gasteiger partial charge in [-0.05, 0) is 43.4 Å². The van der Waals surface area contributed by atoms with Gasteiger partial charge in [-0.2, -0.15) is 0 Å². The molecular formula is C24H30N4O3. The van der Waals surface area contributed by atoms with Crippen LogP contribution in [-0.4, -0.2) is 53.8 Å². The van der Waals surface area contributed by atoms with Crippen molar-refractivity contribution >= 4 is 17.7 Å². The molecule has 1 fully saturated rings. The van der Waals surface area contributed by atoms with Crippen LogP contribution in [-0.2, 0) is 16.0 Å². The van der Waals surface area contributed by atoms with Crippen molar-refractivity contribution in [3.05, 3.63) is 66.0 Å². The topological polar surface area (TPSA) is 91.4 Å². The van der Waals surface area contributed by atoms with Crippen LogP contribution in [0.1, 0.15) is 41.6 Å². The molecule has 7 nitrogen and oxygen atoms in total. The number of nitrogens with zero attached hydrogens (tertiary/aromatic N) is 2. The summed E-state index contributed by atoms with van der Waals surface area (Å²) in [5.41, 5.74) is 1.69. The highest BCUT2D eigenvalue weighted by atomic mass is 16.2. The van der Waals surface area contributed by atoms with Crippen LogP contribution in [0, 0.1) is 5.92 Å². The SMILES string of the molecule is O=C1CCN(C(=O)c2cccnc2)CCCC(C(=O)NCCc2ccccc2)CCN1. The maximum Gasteiger partial charge on any atom is 0.255 e. The normalized spacial score (nSPS) is 17.9. The Hall–Kier alpha value is -3.22. The smallest absolute Gasteiger partial charge is 0.255 e. The van der Waals surface area contributed by atoms with Gasteiger partial charge in [-0.15, -0.1) is 0 Å². The van der Waals surface area contributed by atoms with E-state index in [0.29, 0.717) is 51.0 Å². The number of amides is 3. The van der Waals surface area contributed by atoms with Crippen molar-refractivity contribution in [3.8, 4) is 0 Å². The van der Waals surface area contributed by atoms with Crippen LogP contribution in [0.3, 0.4) is 0 Å². The van der Waals surface area contributed by atoms with Gasteiger partial charge >= 0.3 is 0 Å². The largest absolute Gasteiger partial charge is 0.356 e. The Morgan fingerprint density at radius 2 is 1.94 bits per heavy atom. The van der Waals surface area contributed by atoms with E-state index in [1.807, 2.05) is 30.3 Å². The summed E-state index contributed by atoms with van der Waals surface area (Å²) >= 11 is 0. The molecule has 0 bridgehead atoms. The summed E-state index contributed by atoms with van der Waals surface area (Å²) in [6.45, 7) is 1.91. The zero-order valence-corrected chi connectivity index (χ0v) is 17.8. The first kappa shape index (κ1) is 22.5. The van der Waals surface area contributed by atoms with E-state index in [4.69, 9.17) is 0 Å². The van der Waals surface area contributed by atoms with Gasteiger partial charge in [-0.1, -0.05) is 30.3 Å². The molecule has 2 aromatic rings. The second-order valence-corrected chi connectivity index (χ2v) is 7.79. The zero-order valence-electron chi connectivity index (χ0n) is 17.8. The standard InChI is InChI=1S/C24H30N4O3/c29-22-12-17-28(24(31)21-8-4-13-25-18-21)16-5-9-20(11-15-26-22)23(30)27-14-10-19-6-2-1-3-7-19/h1-4,6-8,13,18,20H,5,9-12,14-17H2,(H,26,29)(H,27,30). The number of pyridine rings is 1. The predicted molar refractivity (Wildman–Crippen MR) is 118 cm³/mol. The number of aromatic nitrogens is 1. The first-order valence-electron chi connectivity index (χ1n) is 10.9. The first-order chi connectivity index (χ1) is 15.1. The molecule has 3 amide bonds. The molecule has 0 aliphatic carbocycles. The quantitative estimate of drug-likeness (QED) is 0.773. The molecule has 1 saturated heterocycles. The van der Waals surface area contributed by atoms with Crippen molar-refractivity contribution in [2.75, 3.05) is 26.2 Å². The molecule has 1 aliphatic rings. The molecule has 164 valence electrons. The van der Waals surface area contributed by atoms with E-state index < -0.39 is 0 Å². The van der Waals surface area contributed by atoms with Crippen LogP contribution < -0.4 is 10.6 Å². The number of rotatable bonds is 5. The molecule has 1 atom stereocenters. The van der Waals surface area contributed by atoms with Gasteiger partial charge in [0.25, 0.3) is 5.91 Å². The summed E-state index contributed by atoms with van der Waals surface area (Å²) in [4.78, 5) is 43.4. The molecule has 2 heterocycles. The van der Waals surface area contributed by atoms with Gasteiger partial charge in [0.05, 0.1) is 5.56 Å². The number of benzene rings is 1. The van der Waals surface area contributed by atoms with Crippen molar-refractivity contribution in [1.82, 2.24) is 20.5 Å². The highest BCUT2D eigenvalue weighted by Gasteiger charge is 2.22. The lowest BCUT2D eigenvalue weighted by Crippen LogP contribution is -2.35. The number of hydrogen-bond acceptors (Lipinski definition) is 4. The van der Waals surface area contributed by atoms with E-state index in [-0.39, 0.29) is 30.1 Å². The first-order valence-corrected chi connectivity index (χ1v) is 10.9. The average molecular weight is 423 g/mol. The van der Waals surface area contributed by atoms with Crippen LogP contribution in [0.25, 0.3) is 0 Å². The molecule has 1 aliphatic heterocycles. The molecule has 1 aromatic heterocycles. The minimum atomic E-state index is -0.190. The highest BCUT2D eigenvalue weighted by Crippen LogP contribution is 2.15. The summed E-state index contributed by atoms with van der Waals surface area (Å²) in [6, 6.07) is 13.5. The van der Waals surface area contributed by atoms with Crippen LogP contribution in [0.15, 0.2) is 54.9 Å². The van der Waals surface area contributed by atoms with Gasteiger partial charge in [0.2, 0.25) is 11.8 Å². The maximum absolute atomic E-state index is 12.8. The number of carbonyl (C=O) groups is 3. The Bertz CT molecular complexity index is 858. The Labute approximate surface area is 183 Å². The summed E-state index contributed by atoms with van der Waals surface area (Å²) in [6.07, 6.45) is 6.16. The van der Waals surface area contributed by atoms with Crippen molar-refractivity contribution < 1.29 is 14.4 Å². The van der Waals surface area contributed by atoms with E-state index >= 15 is 0 Å². The van der Waals surface area contributed by atoms with Crippen molar-refractivity contribution in [2.45, 2.75) is 32.1 Å². The lowest BCUT2D eigenvalue weighted by atomic mass is 9.98. The van der Waals surface area contributed by atoms with Gasteiger partial charge in [0, 0.05) is 50.9 Å². The van der Waals surface area contributed by atoms with Crippen LogP contribution in [0.4, 0.5) is 0 Å². The minimum absolute atomic E-state index is 0.00885. The van der Waals surface area contributed by atoms with Gasteiger partial charge in [0.1, 0.15) is 0 Å². The van der Waals surface area contributed by atoms with Crippen molar-refractivity contribution in [1.29, 1.82) is 0 Å². The van der Waals surface area contributed by atoms with Gasteiger partial charge < -0.3 is 15.5 Å². The van der Waals surface area contributed by atoms with E-state index in [9.17, 15) is 14.4 Å². The Kier molecular flexibility index (Phi) is 8.58. The second kappa shape index (κ2) is 11.8. The highest BCUT2D eigenvalue weighted by molar-refractivity contribution is 5.94. The van der Waals surface area contributed by atoms with Crippen LogP contribution in [0.5, 0.6) is 0 Å². The molecule has 0 saturated carbocycles. The van der Waals surface area contributed by atoms with Crippen molar-refractivity contribution in [2.24, 2.45) is 5.92 Å². The molecule has 2 N–H and O–H groups in total. The molecule has 1 aromatic carbocycles. The third kappa shape index (κ3) is 7.20. The lowest BCUT2D eigenvalue weighted by molar-refractivity contribution is -0.126. The van der Waals surface area contributed by atoms with Crippen LogP contribution >= 0.6 is 0 Å². The molecule has 31 heavy (non-hydrogen) atoms. The molecule has 0 radical (unpaired) electrons. The van der Waals surface area contributed by atoms with E-state index in [0.717, 1.165) is 6.42 Å². The van der Waals surface area contributed by atoms with E-state index in [1.165, 1.54) is 11.8 Å². The lowest BCUT2D eigenvalue weighted by Gasteiger charge is -2.23. The predicted octanol–water partition coefficient (Wildman–Crippen LogP) is 2.19. The number of nitrogens with one attached hydrogen (secondary N) is 2. The Morgan fingerprint density at radius 3 is 2.71 bits per heavy atom. The molecule has 1 unspecified atom stereocenters. The van der Waals surface area contributed by atoms with Gasteiger partial charge in [-0.3, -0.25) is 19.4 Å². The third-order valence-corrected chi connectivity index (χ3v) is 5.53. The molecular weight excluding hydrogens is 392 g/mol. The number of hydrogen-bond donors (Lipinski definition) is 2. The monoisotopic (exact) mass is 422 g/mol. The summed E-state index contributed by atoms with van der Waals surface area (Å²) in [5.74, 6) is -0.419. The molecule has 3 rings (SSSR count). The third-order valence-electron chi connectivity index (χ3n) is 5.53. The molecule has 0 spiro atoms. The van der Waals surface area contributed by atoms with Crippen molar-refractivity contribution in [3.63, 3.8) is 0 Å². The zero-order chi connectivity index (χ0) is 21.9.